The molecule has 1 heterocycles. The third-order valence-electron chi connectivity index (χ3n) is 3.25. The third kappa shape index (κ3) is 4.26. The minimum Gasteiger partial charge on any atom is -0.378 e. The molecule has 0 bridgehead atoms. The quantitative estimate of drug-likeness (QED) is 0.843. The van der Waals surface area contributed by atoms with Crippen molar-refractivity contribution in [1.29, 1.82) is 0 Å². The maximum Gasteiger partial charge on any atom is 0.161 e. The van der Waals surface area contributed by atoms with E-state index in [1.165, 1.54) is 5.56 Å². The molecule has 0 saturated carbocycles. The van der Waals surface area contributed by atoms with Gasteiger partial charge in [-0.25, -0.2) is 9.97 Å². The van der Waals surface area contributed by atoms with Gasteiger partial charge in [0.2, 0.25) is 0 Å². The van der Waals surface area contributed by atoms with Gasteiger partial charge in [-0.2, -0.15) is 0 Å². The number of aromatic nitrogens is 2. The fourth-order valence-corrected chi connectivity index (χ4v) is 2.08. The zero-order valence-corrected chi connectivity index (χ0v) is 13.0. The Morgan fingerprint density at radius 1 is 1.10 bits per heavy atom. The summed E-state index contributed by atoms with van der Waals surface area (Å²) in [6.07, 6.45) is 2.10. The predicted octanol–water partition coefficient (Wildman–Crippen LogP) is 3.67. The van der Waals surface area contributed by atoms with Crippen LogP contribution in [0.3, 0.4) is 0 Å². The van der Waals surface area contributed by atoms with Gasteiger partial charge in [-0.15, -0.1) is 0 Å². The average Bonchev–Trinajstić information content (AvgIpc) is 2.53. The van der Waals surface area contributed by atoms with Crippen molar-refractivity contribution < 1.29 is 4.74 Å². The molecule has 0 atom stereocenters. The number of methoxy groups -OCH3 is 1. The van der Waals surface area contributed by atoms with Crippen molar-refractivity contribution in [3.63, 3.8) is 0 Å². The van der Waals surface area contributed by atoms with Gasteiger partial charge in [0.05, 0.1) is 12.3 Å². The largest absolute Gasteiger partial charge is 0.378 e. The second-order valence-electron chi connectivity index (χ2n) is 4.98. The molecule has 0 unspecified atom stereocenters. The van der Waals surface area contributed by atoms with Gasteiger partial charge in [-0.3, -0.25) is 0 Å². The summed E-state index contributed by atoms with van der Waals surface area (Å²) in [7, 11) is 1.68. The van der Waals surface area contributed by atoms with Crippen LogP contribution in [0.1, 0.15) is 31.5 Å². The predicted molar refractivity (Wildman–Crippen MR) is 86.3 cm³/mol. The summed E-state index contributed by atoms with van der Waals surface area (Å²) in [6.45, 7) is 5.67. The number of rotatable bonds is 7. The van der Waals surface area contributed by atoms with Crippen LogP contribution in [0.5, 0.6) is 0 Å². The molecule has 0 aliphatic rings. The van der Waals surface area contributed by atoms with E-state index in [0.29, 0.717) is 6.61 Å². The first kappa shape index (κ1) is 15.4. The minimum absolute atomic E-state index is 0.489. The van der Waals surface area contributed by atoms with E-state index < -0.39 is 0 Å². The number of hydrogen-bond donors (Lipinski definition) is 1. The molecular weight excluding hydrogens is 262 g/mol. The number of aryl methyl sites for hydroxylation is 1. The Morgan fingerprint density at radius 3 is 2.48 bits per heavy atom. The van der Waals surface area contributed by atoms with Crippen LogP contribution in [0.15, 0.2) is 30.3 Å². The molecular formula is C17H23N3O. The van der Waals surface area contributed by atoms with E-state index >= 15 is 0 Å². The Balaban J connectivity index is 2.32. The maximum absolute atomic E-state index is 5.20. The Bertz CT molecular complexity index is 567. The van der Waals surface area contributed by atoms with Gasteiger partial charge in [-0.05, 0) is 18.4 Å². The summed E-state index contributed by atoms with van der Waals surface area (Å²) >= 11 is 0. The van der Waals surface area contributed by atoms with Gasteiger partial charge in [-0.1, -0.05) is 38.1 Å². The number of nitrogens with one attached hydrogen (secondary N) is 1. The van der Waals surface area contributed by atoms with Gasteiger partial charge in [0.1, 0.15) is 5.82 Å². The lowest BCUT2D eigenvalue weighted by atomic mass is 10.1. The average molecular weight is 285 g/mol. The summed E-state index contributed by atoms with van der Waals surface area (Å²) in [4.78, 5) is 9.18. The van der Waals surface area contributed by atoms with Gasteiger partial charge < -0.3 is 10.1 Å². The second kappa shape index (κ2) is 7.74. The molecule has 4 nitrogen and oxygen atoms in total. The molecule has 112 valence electrons. The van der Waals surface area contributed by atoms with E-state index in [4.69, 9.17) is 4.74 Å². The van der Waals surface area contributed by atoms with Crippen LogP contribution >= 0.6 is 0 Å². The SMILES string of the molecule is CCCNc1cc(COC)nc(-c2ccc(CC)cc2)n1. The number of nitrogens with zero attached hydrogens (tertiary/aromatic N) is 2. The Kier molecular flexibility index (Phi) is 5.69. The first-order valence-electron chi connectivity index (χ1n) is 7.46. The summed E-state index contributed by atoms with van der Waals surface area (Å²) < 4.78 is 5.20. The number of benzene rings is 1. The molecule has 0 aliphatic heterocycles. The zero-order chi connectivity index (χ0) is 15.1. The molecule has 0 saturated heterocycles. The van der Waals surface area contributed by atoms with E-state index in [9.17, 15) is 0 Å². The van der Waals surface area contributed by atoms with Crippen LogP contribution in [0, 0.1) is 0 Å². The van der Waals surface area contributed by atoms with Crippen molar-refractivity contribution in [3.05, 3.63) is 41.6 Å². The standard InChI is InChI=1S/C17H23N3O/c1-4-10-18-16-11-15(12-21-3)19-17(20-16)14-8-6-13(5-2)7-9-14/h6-9,11H,4-5,10,12H2,1-3H3,(H,18,19,20). The van der Waals surface area contributed by atoms with Gasteiger partial charge in [0.15, 0.2) is 5.82 Å². The maximum atomic E-state index is 5.20. The van der Waals surface area contributed by atoms with Crippen molar-refractivity contribution >= 4 is 5.82 Å². The van der Waals surface area contributed by atoms with Crippen molar-refractivity contribution in [2.75, 3.05) is 19.0 Å². The summed E-state index contributed by atoms with van der Waals surface area (Å²) in [5.74, 6) is 1.60. The van der Waals surface area contributed by atoms with Crippen LogP contribution in [0.2, 0.25) is 0 Å². The van der Waals surface area contributed by atoms with Gasteiger partial charge in [0, 0.05) is 25.3 Å². The molecule has 1 aromatic heterocycles. The topological polar surface area (TPSA) is 47.0 Å². The van der Waals surface area contributed by atoms with Crippen LogP contribution in [-0.2, 0) is 17.8 Å². The molecule has 0 amide bonds. The summed E-state index contributed by atoms with van der Waals surface area (Å²) in [5.41, 5.74) is 3.24. The number of ether oxygens (including phenoxy) is 1. The lowest BCUT2D eigenvalue weighted by Gasteiger charge is -2.09. The van der Waals surface area contributed by atoms with E-state index in [2.05, 4.69) is 53.4 Å². The highest BCUT2D eigenvalue weighted by molar-refractivity contribution is 5.58. The highest BCUT2D eigenvalue weighted by atomic mass is 16.5. The second-order valence-corrected chi connectivity index (χ2v) is 4.98. The molecule has 2 rings (SSSR count). The van der Waals surface area contributed by atoms with Crippen LogP contribution < -0.4 is 5.32 Å². The molecule has 0 aliphatic carbocycles. The molecule has 1 N–H and O–H groups in total. The Hall–Kier alpha value is -1.94. The van der Waals surface area contributed by atoms with E-state index in [1.807, 2.05) is 6.07 Å². The van der Waals surface area contributed by atoms with Gasteiger partial charge in [0.25, 0.3) is 0 Å². The lowest BCUT2D eigenvalue weighted by molar-refractivity contribution is 0.181. The molecule has 0 radical (unpaired) electrons. The van der Waals surface area contributed by atoms with Crippen molar-refractivity contribution in [2.45, 2.75) is 33.3 Å². The Morgan fingerprint density at radius 2 is 1.86 bits per heavy atom. The molecule has 0 fully saturated rings. The summed E-state index contributed by atoms with van der Waals surface area (Å²) in [5, 5.41) is 3.32. The van der Waals surface area contributed by atoms with Crippen molar-refractivity contribution in [3.8, 4) is 11.4 Å². The molecule has 2 aromatic rings. The van der Waals surface area contributed by atoms with Crippen molar-refractivity contribution in [2.24, 2.45) is 0 Å². The van der Waals surface area contributed by atoms with E-state index in [-0.39, 0.29) is 0 Å². The van der Waals surface area contributed by atoms with Crippen LogP contribution in [-0.4, -0.2) is 23.6 Å². The third-order valence-corrected chi connectivity index (χ3v) is 3.25. The fourth-order valence-electron chi connectivity index (χ4n) is 2.08. The number of hydrogen-bond acceptors (Lipinski definition) is 4. The first-order valence-corrected chi connectivity index (χ1v) is 7.46. The Labute approximate surface area is 126 Å². The molecule has 21 heavy (non-hydrogen) atoms. The van der Waals surface area contributed by atoms with Gasteiger partial charge >= 0.3 is 0 Å². The molecule has 0 spiro atoms. The fraction of sp³-hybridized carbons (Fsp3) is 0.412. The highest BCUT2D eigenvalue weighted by Crippen LogP contribution is 2.19. The lowest BCUT2D eigenvalue weighted by Crippen LogP contribution is -2.06. The highest BCUT2D eigenvalue weighted by Gasteiger charge is 2.07. The normalized spacial score (nSPS) is 10.6. The smallest absolute Gasteiger partial charge is 0.161 e. The van der Waals surface area contributed by atoms with Crippen LogP contribution in [0.25, 0.3) is 11.4 Å². The minimum atomic E-state index is 0.489. The number of anilines is 1. The van der Waals surface area contributed by atoms with Crippen LogP contribution in [0.4, 0.5) is 5.82 Å². The molecule has 4 heteroatoms. The first-order chi connectivity index (χ1) is 10.3. The van der Waals surface area contributed by atoms with E-state index in [0.717, 1.165) is 42.3 Å². The van der Waals surface area contributed by atoms with Crippen molar-refractivity contribution in [1.82, 2.24) is 9.97 Å². The monoisotopic (exact) mass is 285 g/mol. The van der Waals surface area contributed by atoms with E-state index in [1.54, 1.807) is 7.11 Å². The summed E-state index contributed by atoms with van der Waals surface area (Å²) in [6, 6.07) is 10.4. The zero-order valence-electron chi connectivity index (χ0n) is 13.0. The molecule has 1 aromatic carbocycles.